The number of nitrogens with one attached hydrogen (secondary N) is 1. The minimum Gasteiger partial charge on any atom is -0.383 e. The normalized spacial score (nSPS) is 18.0. The van der Waals surface area contributed by atoms with Crippen molar-refractivity contribution in [2.45, 2.75) is 45.4 Å². The van der Waals surface area contributed by atoms with Gasteiger partial charge in [0.15, 0.2) is 0 Å². The highest BCUT2D eigenvalue weighted by Gasteiger charge is 2.20. The van der Waals surface area contributed by atoms with Gasteiger partial charge in [0, 0.05) is 32.0 Å². The van der Waals surface area contributed by atoms with E-state index in [0.29, 0.717) is 5.92 Å². The number of fused-ring (bicyclic) bond motifs is 1. The first-order chi connectivity index (χ1) is 9.83. The largest absolute Gasteiger partial charge is 0.383 e. The van der Waals surface area contributed by atoms with Gasteiger partial charge in [0.05, 0.1) is 6.61 Å². The zero-order valence-electron chi connectivity index (χ0n) is 12.8. The van der Waals surface area contributed by atoms with Crippen LogP contribution >= 0.6 is 0 Å². The Kier molecular flexibility index (Phi) is 6.40. The molecule has 0 spiro atoms. The Labute approximate surface area is 122 Å². The van der Waals surface area contributed by atoms with Crippen molar-refractivity contribution in [1.82, 2.24) is 15.3 Å². The molecule has 1 unspecified atom stereocenters. The predicted molar refractivity (Wildman–Crippen MR) is 80.9 cm³/mol. The van der Waals surface area contributed by atoms with E-state index >= 15 is 0 Å². The van der Waals surface area contributed by atoms with Crippen molar-refractivity contribution in [2.24, 2.45) is 5.92 Å². The fourth-order valence-electron chi connectivity index (χ4n) is 2.73. The van der Waals surface area contributed by atoms with Gasteiger partial charge in [0.1, 0.15) is 5.82 Å². The number of aromatic nitrogens is 2. The number of aryl methyl sites for hydroxylation is 2. The van der Waals surface area contributed by atoms with Gasteiger partial charge in [-0.15, -0.1) is 0 Å². The molecule has 0 saturated carbocycles. The van der Waals surface area contributed by atoms with E-state index in [4.69, 9.17) is 9.72 Å². The van der Waals surface area contributed by atoms with E-state index in [1.54, 1.807) is 7.11 Å². The first-order valence-corrected chi connectivity index (χ1v) is 7.86. The molecule has 4 heteroatoms. The van der Waals surface area contributed by atoms with E-state index in [-0.39, 0.29) is 0 Å². The number of hydrogen-bond donors (Lipinski definition) is 1. The predicted octanol–water partition coefficient (Wildman–Crippen LogP) is 2.16. The standard InChI is InChI=1S/C16H27N3O/c1-3-4-5-16-18-12-14-10-13(6-7-15(14)19-16)11-17-8-9-20-2/h12-13,17H,3-11H2,1-2H3. The van der Waals surface area contributed by atoms with Crippen molar-refractivity contribution in [1.29, 1.82) is 0 Å². The molecule has 0 radical (unpaired) electrons. The van der Waals surface area contributed by atoms with Crippen LogP contribution in [0.4, 0.5) is 0 Å². The summed E-state index contributed by atoms with van der Waals surface area (Å²) in [7, 11) is 1.74. The van der Waals surface area contributed by atoms with Crippen LogP contribution in [0, 0.1) is 5.92 Å². The fraction of sp³-hybridized carbons (Fsp3) is 0.750. The lowest BCUT2D eigenvalue weighted by molar-refractivity contribution is 0.197. The van der Waals surface area contributed by atoms with Crippen LogP contribution in [0.1, 0.15) is 43.3 Å². The Hall–Kier alpha value is -1.00. The Morgan fingerprint density at radius 2 is 2.35 bits per heavy atom. The molecule has 20 heavy (non-hydrogen) atoms. The Balaban J connectivity index is 1.84. The van der Waals surface area contributed by atoms with E-state index in [2.05, 4.69) is 23.4 Å². The van der Waals surface area contributed by atoms with Crippen molar-refractivity contribution < 1.29 is 4.74 Å². The lowest BCUT2D eigenvalue weighted by atomic mass is 9.87. The first kappa shape index (κ1) is 15.4. The topological polar surface area (TPSA) is 47.0 Å². The Bertz CT molecular complexity index is 409. The quantitative estimate of drug-likeness (QED) is 0.740. The van der Waals surface area contributed by atoms with Crippen LogP contribution < -0.4 is 5.32 Å². The molecule has 0 amide bonds. The maximum Gasteiger partial charge on any atom is 0.128 e. The molecule has 1 heterocycles. The molecule has 1 aliphatic rings. The molecule has 0 aromatic carbocycles. The average molecular weight is 277 g/mol. The molecule has 1 N–H and O–H groups in total. The summed E-state index contributed by atoms with van der Waals surface area (Å²) in [4.78, 5) is 9.27. The molecule has 112 valence electrons. The maximum absolute atomic E-state index is 5.05. The summed E-state index contributed by atoms with van der Waals surface area (Å²) in [6, 6.07) is 0. The van der Waals surface area contributed by atoms with E-state index in [1.807, 2.05) is 0 Å². The summed E-state index contributed by atoms with van der Waals surface area (Å²) in [5.41, 5.74) is 2.65. The van der Waals surface area contributed by atoms with Gasteiger partial charge in [-0.2, -0.15) is 0 Å². The average Bonchev–Trinajstić information content (AvgIpc) is 2.49. The summed E-state index contributed by atoms with van der Waals surface area (Å²) in [6.45, 7) is 5.00. The molecule has 4 nitrogen and oxygen atoms in total. The van der Waals surface area contributed by atoms with Gasteiger partial charge in [0.2, 0.25) is 0 Å². The molecule has 1 atom stereocenters. The lowest BCUT2D eigenvalue weighted by Gasteiger charge is -2.24. The van der Waals surface area contributed by atoms with Crippen LogP contribution in [0.15, 0.2) is 6.20 Å². The maximum atomic E-state index is 5.05. The van der Waals surface area contributed by atoms with Crippen LogP contribution in [0.2, 0.25) is 0 Å². The number of methoxy groups -OCH3 is 1. The van der Waals surface area contributed by atoms with E-state index in [1.165, 1.54) is 30.5 Å². The second kappa shape index (κ2) is 8.32. The van der Waals surface area contributed by atoms with Gasteiger partial charge in [0.25, 0.3) is 0 Å². The summed E-state index contributed by atoms with van der Waals surface area (Å²) in [5.74, 6) is 1.74. The van der Waals surface area contributed by atoms with E-state index in [9.17, 15) is 0 Å². The Morgan fingerprint density at radius 1 is 1.45 bits per heavy atom. The smallest absolute Gasteiger partial charge is 0.128 e. The molecular weight excluding hydrogens is 250 g/mol. The Morgan fingerprint density at radius 3 is 3.15 bits per heavy atom. The van der Waals surface area contributed by atoms with Crippen molar-refractivity contribution in [3.05, 3.63) is 23.3 Å². The monoisotopic (exact) mass is 277 g/mol. The zero-order valence-corrected chi connectivity index (χ0v) is 12.8. The SMILES string of the molecule is CCCCc1ncc2c(n1)CCC(CNCCOC)C2. The summed E-state index contributed by atoms with van der Waals surface area (Å²) in [5, 5.41) is 3.46. The third-order valence-electron chi connectivity index (χ3n) is 3.97. The van der Waals surface area contributed by atoms with Crippen LogP contribution in [-0.4, -0.2) is 36.8 Å². The van der Waals surface area contributed by atoms with Crippen LogP contribution in [-0.2, 0) is 24.0 Å². The second-order valence-corrected chi connectivity index (χ2v) is 5.67. The number of rotatable bonds is 8. The third-order valence-corrected chi connectivity index (χ3v) is 3.97. The minimum atomic E-state index is 0.712. The van der Waals surface area contributed by atoms with Crippen LogP contribution in [0.5, 0.6) is 0 Å². The molecule has 1 aromatic heterocycles. The number of nitrogens with zero attached hydrogens (tertiary/aromatic N) is 2. The van der Waals surface area contributed by atoms with Crippen molar-refractivity contribution in [3.8, 4) is 0 Å². The van der Waals surface area contributed by atoms with Gasteiger partial charge < -0.3 is 10.1 Å². The summed E-state index contributed by atoms with van der Waals surface area (Å²) in [6.07, 6.45) is 8.93. The number of ether oxygens (including phenoxy) is 1. The molecule has 0 fully saturated rings. The third kappa shape index (κ3) is 4.53. The lowest BCUT2D eigenvalue weighted by Crippen LogP contribution is -2.30. The molecule has 0 bridgehead atoms. The molecule has 1 aromatic rings. The van der Waals surface area contributed by atoms with Gasteiger partial charge >= 0.3 is 0 Å². The molecule has 2 rings (SSSR count). The molecule has 0 aliphatic heterocycles. The minimum absolute atomic E-state index is 0.712. The van der Waals surface area contributed by atoms with Gasteiger partial charge in [-0.3, -0.25) is 0 Å². The molecule has 1 aliphatic carbocycles. The fourth-order valence-corrected chi connectivity index (χ4v) is 2.73. The van der Waals surface area contributed by atoms with Crippen molar-refractivity contribution in [2.75, 3.05) is 26.8 Å². The van der Waals surface area contributed by atoms with Gasteiger partial charge in [-0.25, -0.2) is 9.97 Å². The highest BCUT2D eigenvalue weighted by atomic mass is 16.5. The van der Waals surface area contributed by atoms with Crippen LogP contribution in [0.25, 0.3) is 0 Å². The van der Waals surface area contributed by atoms with Gasteiger partial charge in [-0.05, 0) is 43.7 Å². The number of unbranched alkanes of at least 4 members (excludes halogenated alkanes) is 1. The second-order valence-electron chi connectivity index (χ2n) is 5.67. The first-order valence-electron chi connectivity index (χ1n) is 7.86. The van der Waals surface area contributed by atoms with Crippen molar-refractivity contribution >= 4 is 0 Å². The van der Waals surface area contributed by atoms with Crippen LogP contribution in [0.3, 0.4) is 0 Å². The van der Waals surface area contributed by atoms with Gasteiger partial charge in [-0.1, -0.05) is 13.3 Å². The highest BCUT2D eigenvalue weighted by Crippen LogP contribution is 2.23. The molecular formula is C16H27N3O. The summed E-state index contributed by atoms with van der Waals surface area (Å²) < 4.78 is 5.05. The van der Waals surface area contributed by atoms with Crippen molar-refractivity contribution in [3.63, 3.8) is 0 Å². The van der Waals surface area contributed by atoms with E-state index in [0.717, 1.165) is 44.8 Å². The number of hydrogen-bond acceptors (Lipinski definition) is 4. The van der Waals surface area contributed by atoms with E-state index < -0.39 is 0 Å². The summed E-state index contributed by atoms with van der Waals surface area (Å²) >= 11 is 0. The molecule has 0 saturated heterocycles. The highest BCUT2D eigenvalue weighted by molar-refractivity contribution is 5.21. The zero-order chi connectivity index (χ0) is 14.2.